The van der Waals surface area contributed by atoms with Gasteiger partial charge in [-0.3, -0.25) is 4.99 Å². The van der Waals surface area contributed by atoms with Gasteiger partial charge in [0.25, 0.3) is 0 Å². The van der Waals surface area contributed by atoms with Gasteiger partial charge in [0.15, 0.2) is 0 Å². The van der Waals surface area contributed by atoms with Gasteiger partial charge in [0.2, 0.25) is 0 Å². The molecule has 0 amide bonds. The van der Waals surface area contributed by atoms with Crippen molar-refractivity contribution in [3.05, 3.63) is 41.3 Å². The van der Waals surface area contributed by atoms with Gasteiger partial charge in [-0.15, -0.1) is 12.4 Å². The Hall–Kier alpha value is -1.58. The average molecular weight is 278 g/mol. The SMILES string of the molecule is CCCOCc1ccc2c3c(coc13)C=NC=C2.Cl. The Balaban J connectivity index is 0.00000133. The quantitative estimate of drug-likeness (QED) is 0.786. The lowest BCUT2D eigenvalue weighted by Crippen LogP contribution is -1.95. The van der Waals surface area contributed by atoms with Crippen LogP contribution >= 0.6 is 12.4 Å². The van der Waals surface area contributed by atoms with E-state index in [0.29, 0.717) is 6.61 Å². The number of nitrogens with zero attached hydrogens (tertiary/aromatic N) is 1. The van der Waals surface area contributed by atoms with Crippen LogP contribution in [0.25, 0.3) is 17.0 Å². The van der Waals surface area contributed by atoms with Crippen molar-refractivity contribution in [2.45, 2.75) is 20.0 Å². The van der Waals surface area contributed by atoms with Crippen molar-refractivity contribution in [3.8, 4) is 0 Å². The largest absolute Gasteiger partial charge is 0.463 e. The Morgan fingerprint density at radius 3 is 3.00 bits per heavy atom. The summed E-state index contributed by atoms with van der Waals surface area (Å²) in [6.07, 6.45) is 8.42. The Morgan fingerprint density at radius 1 is 1.26 bits per heavy atom. The van der Waals surface area contributed by atoms with Crippen molar-refractivity contribution in [2.75, 3.05) is 6.61 Å². The first-order chi connectivity index (χ1) is 8.90. The monoisotopic (exact) mass is 277 g/mol. The smallest absolute Gasteiger partial charge is 0.140 e. The number of hydrogen-bond acceptors (Lipinski definition) is 3. The number of aliphatic imine (C=N–C) groups is 1. The molecule has 0 fully saturated rings. The van der Waals surface area contributed by atoms with E-state index in [9.17, 15) is 0 Å². The molecule has 2 aromatic rings. The zero-order chi connectivity index (χ0) is 12.4. The number of halogens is 1. The van der Waals surface area contributed by atoms with Gasteiger partial charge in [-0.05, 0) is 18.1 Å². The maximum absolute atomic E-state index is 5.67. The minimum absolute atomic E-state index is 0. The molecule has 0 spiro atoms. The third kappa shape index (κ3) is 2.57. The fourth-order valence-corrected chi connectivity index (χ4v) is 2.18. The predicted octanol–water partition coefficient (Wildman–Crippen LogP) is 4.18. The molecule has 3 nitrogen and oxygen atoms in total. The summed E-state index contributed by atoms with van der Waals surface area (Å²) in [5, 5.41) is 1.13. The summed E-state index contributed by atoms with van der Waals surface area (Å²) in [5.74, 6) is 0. The van der Waals surface area contributed by atoms with E-state index in [-0.39, 0.29) is 12.4 Å². The molecule has 1 aliphatic rings. The maximum atomic E-state index is 5.67. The Morgan fingerprint density at radius 2 is 2.16 bits per heavy atom. The molecule has 1 aromatic carbocycles. The molecule has 100 valence electrons. The van der Waals surface area contributed by atoms with E-state index in [2.05, 4.69) is 24.0 Å². The molecule has 0 aliphatic carbocycles. The van der Waals surface area contributed by atoms with E-state index < -0.39 is 0 Å². The van der Waals surface area contributed by atoms with Crippen molar-refractivity contribution in [1.29, 1.82) is 0 Å². The van der Waals surface area contributed by atoms with Gasteiger partial charge in [-0.25, -0.2) is 0 Å². The molecule has 1 aromatic heterocycles. The van der Waals surface area contributed by atoms with Crippen LogP contribution in [0.5, 0.6) is 0 Å². The number of rotatable bonds is 4. The van der Waals surface area contributed by atoms with Crippen LogP contribution in [-0.4, -0.2) is 12.8 Å². The van der Waals surface area contributed by atoms with Crippen molar-refractivity contribution in [3.63, 3.8) is 0 Å². The minimum atomic E-state index is 0. The summed E-state index contributed by atoms with van der Waals surface area (Å²) < 4.78 is 11.3. The minimum Gasteiger partial charge on any atom is -0.463 e. The molecule has 2 heterocycles. The van der Waals surface area contributed by atoms with Crippen LogP contribution in [-0.2, 0) is 11.3 Å². The van der Waals surface area contributed by atoms with E-state index in [1.165, 1.54) is 0 Å². The standard InChI is InChI=1S/C15H15NO2.ClH/c1-2-7-17-9-12-4-3-11-5-6-16-8-13-10-18-15(12)14(11)13;/h3-6,8,10H,2,7,9H2,1H3;1H. The van der Waals surface area contributed by atoms with Gasteiger partial charge < -0.3 is 9.15 Å². The van der Waals surface area contributed by atoms with Crippen LogP contribution in [0, 0.1) is 0 Å². The fraction of sp³-hybridized carbons (Fsp3) is 0.267. The van der Waals surface area contributed by atoms with Crippen LogP contribution < -0.4 is 0 Å². The zero-order valence-electron chi connectivity index (χ0n) is 10.8. The van der Waals surface area contributed by atoms with Gasteiger partial charge in [-0.1, -0.05) is 19.1 Å². The fourth-order valence-electron chi connectivity index (χ4n) is 2.18. The lowest BCUT2D eigenvalue weighted by molar-refractivity contribution is 0.122. The van der Waals surface area contributed by atoms with E-state index in [1.54, 1.807) is 6.26 Å². The molecule has 0 radical (unpaired) electrons. The second-order valence-electron chi connectivity index (χ2n) is 4.36. The van der Waals surface area contributed by atoms with Gasteiger partial charge >= 0.3 is 0 Å². The molecule has 0 saturated heterocycles. The number of furan rings is 1. The average Bonchev–Trinajstić information content (AvgIpc) is 2.70. The summed E-state index contributed by atoms with van der Waals surface area (Å²) in [6.45, 7) is 3.48. The van der Waals surface area contributed by atoms with Crippen LogP contribution in [0.4, 0.5) is 0 Å². The summed E-state index contributed by atoms with van der Waals surface area (Å²) in [5.41, 5.74) is 4.18. The van der Waals surface area contributed by atoms with E-state index in [1.807, 2.05) is 18.5 Å². The van der Waals surface area contributed by atoms with Crippen molar-refractivity contribution in [1.82, 2.24) is 0 Å². The summed E-state index contributed by atoms with van der Waals surface area (Å²) >= 11 is 0. The molecule has 0 N–H and O–H groups in total. The molecule has 1 aliphatic heterocycles. The summed E-state index contributed by atoms with van der Waals surface area (Å²) in [6, 6.07) is 4.16. The molecule has 3 rings (SSSR count). The van der Waals surface area contributed by atoms with E-state index in [0.717, 1.165) is 40.7 Å². The first-order valence-corrected chi connectivity index (χ1v) is 6.20. The van der Waals surface area contributed by atoms with E-state index in [4.69, 9.17) is 9.15 Å². The summed E-state index contributed by atoms with van der Waals surface area (Å²) in [7, 11) is 0. The molecule has 19 heavy (non-hydrogen) atoms. The lowest BCUT2D eigenvalue weighted by atomic mass is 10.0. The predicted molar refractivity (Wildman–Crippen MR) is 80.0 cm³/mol. The normalized spacial score (nSPS) is 12.5. The van der Waals surface area contributed by atoms with Crippen LogP contribution in [0.3, 0.4) is 0 Å². The first kappa shape index (κ1) is 13.8. The molecule has 0 unspecified atom stereocenters. The number of benzene rings is 1. The second-order valence-corrected chi connectivity index (χ2v) is 4.36. The highest BCUT2D eigenvalue weighted by molar-refractivity contribution is 6.04. The molecular weight excluding hydrogens is 262 g/mol. The van der Waals surface area contributed by atoms with E-state index >= 15 is 0 Å². The van der Waals surface area contributed by atoms with Gasteiger partial charge in [-0.2, -0.15) is 0 Å². The molecular formula is C15H16ClNO2. The van der Waals surface area contributed by atoms with Crippen LogP contribution in [0.1, 0.15) is 30.0 Å². The molecule has 0 bridgehead atoms. The Labute approximate surface area is 118 Å². The molecule has 4 heteroatoms. The highest BCUT2D eigenvalue weighted by atomic mass is 35.5. The van der Waals surface area contributed by atoms with Crippen LogP contribution in [0.2, 0.25) is 0 Å². The van der Waals surface area contributed by atoms with Crippen molar-refractivity contribution >= 4 is 35.7 Å². The zero-order valence-corrected chi connectivity index (χ0v) is 11.6. The molecule has 0 saturated carbocycles. The Kier molecular flexibility index (Phi) is 4.40. The third-order valence-corrected chi connectivity index (χ3v) is 3.02. The first-order valence-electron chi connectivity index (χ1n) is 6.20. The van der Waals surface area contributed by atoms with Gasteiger partial charge in [0.05, 0.1) is 6.61 Å². The molecule has 0 atom stereocenters. The number of ether oxygens (including phenoxy) is 1. The van der Waals surface area contributed by atoms with Crippen molar-refractivity contribution in [2.24, 2.45) is 4.99 Å². The van der Waals surface area contributed by atoms with Crippen LogP contribution in [0.15, 0.2) is 34.0 Å². The van der Waals surface area contributed by atoms with Gasteiger partial charge in [0, 0.05) is 35.5 Å². The van der Waals surface area contributed by atoms with Gasteiger partial charge in [0.1, 0.15) is 11.8 Å². The second kappa shape index (κ2) is 6.04. The third-order valence-electron chi connectivity index (χ3n) is 3.02. The Bertz CT molecular complexity index is 628. The summed E-state index contributed by atoms with van der Waals surface area (Å²) in [4.78, 5) is 4.19. The van der Waals surface area contributed by atoms with Crippen molar-refractivity contribution < 1.29 is 9.15 Å². The highest BCUT2D eigenvalue weighted by Gasteiger charge is 2.13. The topological polar surface area (TPSA) is 34.7 Å². The maximum Gasteiger partial charge on any atom is 0.140 e. The number of hydrogen-bond donors (Lipinski definition) is 0. The highest BCUT2D eigenvalue weighted by Crippen LogP contribution is 2.30. The lowest BCUT2D eigenvalue weighted by Gasteiger charge is -2.05.